The van der Waals surface area contributed by atoms with Gasteiger partial charge >= 0.3 is 0 Å². The van der Waals surface area contributed by atoms with E-state index in [9.17, 15) is 0 Å². The Morgan fingerprint density at radius 2 is 1.71 bits per heavy atom. The van der Waals surface area contributed by atoms with E-state index in [1.165, 1.54) is 0 Å². The maximum Gasteiger partial charge on any atom is 0.229 e. The number of rotatable bonds is 5. The number of hydrogen-bond donors (Lipinski definition) is 2. The normalized spacial score (nSPS) is 10.7. The number of nitrogens with zero attached hydrogens (tertiary/aromatic N) is 2. The maximum absolute atomic E-state index is 6.05. The van der Waals surface area contributed by atoms with Crippen molar-refractivity contribution in [1.29, 1.82) is 0 Å². The molecule has 0 aliphatic heterocycles. The molecule has 5 heteroatoms. The first kappa shape index (κ1) is 16.3. The third kappa shape index (κ3) is 4.24. The fourth-order valence-electron chi connectivity index (χ4n) is 2.32. The molecule has 0 saturated heterocycles. The molecule has 0 unspecified atom stereocenters. The highest BCUT2D eigenvalue weighted by molar-refractivity contribution is 6.30. The van der Waals surface area contributed by atoms with Crippen LogP contribution in [0.5, 0.6) is 0 Å². The van der Waals surface area contributed by atoms with E-state index in [-0.39, 0.29) is 6.04 Å². The van der Waals surface area contributed by atoms with Gasteiger partial charge in [-0.25, -0.2) is 4.98 Å². The molecular weight excluding hydrogens is 320 g/mol. The van der Waals surface area contributed by atoms with Crippen LogP contribution >= 0.6 is 11.6 Å². The number of halogens is 1. The number of nitrogens with one attached hydrogen (secondary N) is 2. The van der Waals surface area contributed by atoms with Crippen LogP contribution in [0.3, 0.4) is 0 Å². The lowest BCUT2D eigenvalue weighted by atomic mass is 10.1. The molecule has 0 bridgehead atoms. The number of hydrogen-bond acceptors (Lipinski definition) is 4. The fourth-order valence-corrected chi connectivity index (χ4v) is 2.52. The van der Waals surface area contributed by atoms with E-state index in [0.717, 1.165) is 22.8 Å². The van der Waals surface area contributed by atoms with Gasteiger partial charge in [-0.3, -0.25) is 0 Å². The maximum atomic E-state index is 6.05. The molecule has 1 heterocycles. The van der Waals surface area contributed by atoms with Gasteiger partial charge in [0.2, 0.25) is 5.95 Å². The van der Waals surface area contributed by atoms with Crippen LogP contribution in [0, 0.1) is 0 Å². The van der Waals surface area contributed by atoms with E-state index in [2.05, 4.69) is 34.4 Å². The Kier molecular flexibility index (Phi) is 4.96. The molecular formula is C19H19ClN4. The van der Waals surface area contributed by atoms with Gasteiger partial charge in [0.05, 0.1) is 5.69 Å². The third-order valence-electron chi connectivity index (χ3n) is 3.31. The second kappa shape index (κ2) is 7.32. The second-order valence-electron chi connectivity index (χ2n) is 5.76. The molecule has 3 rings (SSSR count). The minimum absolute atomic E-state index is 0.280. The molecule has 4 nitrogen and oxygen atoms in total. The van der Waals surface area contributed by atoms with E-state index in [4.69, 9.17) is 11.6 Å². The first-order valence-corrected chi connectivity index (χ1v) is 8.21. The van der Waals surface area contributed by atoms with Gasteiger partial charge in [-0.15, -0.1) is 0 Å². The summed E-state index contributed by atoms with van der Waals surface area (Å²) in [5.74, 6) is 1.31. The minimum atomic E-state index is 0.280. The van der Waals surface area contributed by atoms with Crippen molar-refractivity contribution in [1.82, 2.24) is 9.97 Å². The molecule has 0 saturated carbocycles. The molecule has 0 atom stereocenters. The number of anilines is 3. The molecule has 0 radical (unpaired) electrons. The van der Waals surface area contributed by atoms with E-state index in [1.807, 2.05) is 60.7 Å². The third-order valence-corrected chi connectivity index (χ3v) is 3.55. The predicted molar refractivity (Wildman–Crippen MR) is 101 cm³/mol. The molecule has 0 aliphatic rings. The van der Waals surface area contributed by atoms with Gasteiger partial charge in [0.15, 0.2) is 0 Å². The fraction of sp³-hybridized carbons (Fsp3) is 0.158. The topological polar surface area (TPSA) is 49.8 Å². The summed E-state index contributed by atoms with van der Waals surface area (Å²) in [5, 5.41) is 7.22. The Bertz CT molecular complexity index is 819. The predicted octanol–water partition coefficient (Wildman–Crippen LogP) is 5.36. The molecule has 1 aromatic heterocycles. The van der Waals surface area contributed by atoms with Crippen molar-refractivity contribution in [2.24, 2.45) is 0 Å². The zero-order valence-electron chi connectivity index (χ0n) is 13.6. The molecule has 0 amide bonds. The smallest absolute Gasteiger partial charge is 0.229 e. The van der Waals surface area contributed by atoms with Crippen molar-refractivity contribution in [2.45, 2.75) is 19.9 Å². The van der Waals surface area contributed by atoms with E-state index in [0.29, 0.717) is 11.0 Å². The van der Waals surface area contributed by atoms with E-state index < -0.39 is 0 Å². The largest absolute Gasteiger partial charge is 0.368 e. The summed E-state index contributed by atoms with van der Waals surface area (Å²) < 4.78 is 0. The average molecular weight is 339 g/mol. The zero-order chi connectivity index (χ0) is 16.9. The lowest BCUT2D eigenvalue weighted by Gasteiger charge is -2.13. The Labute approximate surface area is 146 Å². The standard InChI is InChI=1S/C19H19ClN4/c1-13(2)21-18-12-17(14-7-4-3-5-8-14)23-19(24-18)22-16-10-6-9-15(20)11-16/h3-13H,1-2H3,(H2,21,22,23,24). The summed E-state index contributed by atoms with van der Waals surface area (Å²) in [6.07, 6.45) is 0. The van der Waals surface area contributed by atoms with Gasteiger partial charge in [-0.1, -0.05) is 48.0 Å². The molecule has 3 aromatic rings. The zero-order valence-corrected chi connectivity index (χ0v) is 14.4. The first-order valence-electron chi connectivity index (χ1n) is 7.84. The Hall–Kier alpha value is -2.59. The highest BCUT2D eigenvalue weighted by Gasteiger charge is 2.08. The van der Waals surface area contributed by atoms with Crippen LogP contribution in [0.25, 0.3) is 11.3 Å². The molecule has 0 aliphatic carbocycles. The van der Waals surface area contributed by atoms with Gasteiger partial charge in [0.1, 0.15) is 5.82 Å². The lowest BCUT2D eigenvalue weighted by Crippen LogP contribution is -2.12. The van der Waals surface area contributed by atoms with Crippen molar-refractivity contribution in [3.05, 3.63) is 65.7 Å². The van der Waals surface area contributed by atoms with E-state index in [1.54, 1.807) is 0 Å². The second-order valence-corrected chi connectivity index (χ2v) is 6.20. The Balaban J connectivity index is 1.98. The van der Waals surface area contributed by atoms with Crippen LogP contribution in [-0.2, 0) is 0 Å². The van der Waals surface area contributed by atoms with Crippen LogP contribution in [0.15, 0.2) is 60.7 Å². The highest BCUT2D eigenvalue weighted by Crippen LogP contribution is 2.24. The highest BCUT2D eigenvalue weighted by atomic mass is 35.5. The molecule has 2 N–H and O–H groups in total. The molecule has 122 valence electrons. The van der Waals surface area contributed by atoms with Crippen molar-refractivity contribution >= 4 is 29.1 Å². The van der Waals surface area contributed by atoms with E-state index >= 15 is 0 Å². The number of aromatic nitrogens is 2. The SMILES string of the molecule is CC(C)Nc1cc(-c2ccccc2)nc(Nc2cccc(Cl)c2)n1. The Morgan fingerprint density at radius 1 is 0.917 bits per heavy atom. The number of benzene rings is 2. The van der Waals surface area contributed by atoms with Gasteiger partial charge in [-0.2, -0.15) is 4.98 Å². The van der Waals surface area contributed by atoms with Crippen molar-refractivity contribution in [3.8, 4) is 11.3 Å². The summed E-state index contributed by atoms with van der Waals surface area (Å²) in [5.41, 5.74) is 2.75. The minimum Gasteiger partial charge on any atom is -0.368 e. The summed E-state index contributed by atoms with van der Waals surface area (Å²) in [6, 6.07) is 19.8. The van der Waals surface area contributed by atoms with Gasteiger partial charge in [-0.05, 0) is 32.0 Å². The summed E-state index contributed by atoms with van der Waals surface area (Å²) in [6.45, 7) is 4.16. The molecule has 24 heavy (non-hydrogen) atoms. The summed E-state index contributed by atoms with van der Waals surface area (Å²) >= 11 is 6.05. The first-order chi connectivity index (χ1) is 11.6. The summed E-state index contributed by atoms with van der Waals surface area (Å²) in [4.78, 5) is 9.18. The lowest BCUT2D eigenvalue weighted by molar-refractivity contribution is 0.887. The van der Waals surface area contributed by atoms with Gasteiger partial charge < -0.3 is 10.6 Å². The van der Waals surface area contributed by atoms with Crippen molar-refractivity contribution in [3.63, 3.8) is 0 Å². The molecule has 0 spiro atoms. The van der Waals surface area contributed by atoms with Crippen LogP contribution in [-0.4, -0.2) is 16.0 Å². The van der Waals surface area contributed by atoms with Crippen molar-refractivity contribution in [2.75, 3.05) is 10.6 Å². The average Bonchev–Trinajstić information content (AvgIpc) is 2.55. The Morgan fingerprint density at radius 3 is 2.42 bits per heavy atom. The van der Waals surface area contributed by atoms with Crippen LogP contribution in [0.2, 0.25) is 5.02 Å². The van der Waals surface area contributed by atoms with Crippen LogP contribution in [0.1, 0.15) is 13.8 Å². The quantitative estimate of drug-likeness (QED) is 0.657. The summed E-state index contributed by atoms with van der Waals surface area (Å²) in [7, 11) is 0. The molecule has 2 aromatic carbocycles. The van der Waals surface area contributed by atoms with Crippen LogP contribution in [0.4, 0.5) is 17.5 Å². The van der Waals surface area contributed by atoms with Gasteiger partial charge in [0.25, 0.3) is 0 Å². The monoisotopic (exact) mass is 338 g/mol. The molecule has 0 fully saturated rings. The van der Waals surface area contributed by atoms with Gasteiger partial charge in [0, 0.05) is 28.4 Å². The van der Waals surface area contributed by atoms with Crippen molar-refractivity contribution < 1.29 is 0 Å². The van der Waals surface area contributed by atoms with Crippen LogP contribution < -0.4 is 10.6 Å².